The predicted molar refractivity (Wildman–Crippen MR) is 65.5 cm³/mol. The standard InChI is InChI=1S/C14H12O4/c15-9-12-6-7-13(18-12)11-4-1-10(2-5-11)3-8-14(16)17/h1-2,4-7,9H,3,8H2,(H,16,17). The highest BCUT2D eigenvalue weighted by Gasteiger charge is 2.04. The van der Waals surface area contributed by atoms with Crippen molar-refractivity contribution in [2.75, 3.05) is 0 Å². The average molecular weight is 244 g/mol. The Hall–Kier alpha value is -2.36. The molecule has 18 heavy (non-hydrogen) atoms. The molecule has 2 rings (SSSR count). The van der Waals surface area contributed by atoms with Crippen molar-refractivity contribution < 1.29 is 19.1 Å². The minimum Gasteiger partial charge on any atom is -0.481 e. The molecular formula is C14H12O4. The number of aryl methyl sites for hydroxylation is 1. The summed E-state index contributed by atoms with van der Waals surface area (Å²) in [4.78, 5) is 21.0. The Morgan fingerprint density at radius 1 is 1.17 bits per heavy atom. The molecule has 0 bridgehead atoms. The van der Waals surface area contributed by atoms with E-state index in [2.05, 4.69) is 0 Å². The van der Waals surface area contributed by atoms with E-state index >= 15 is 0 Å². The third-order valence-electron chi connectivity index (χ3n) is 2.61. The molecule has 0 fully saturated rings. The lowest BCUT2D eigenvalue weighted by molar-refractivity contribution is -0.136. The zero-order valence-corrected chi connectivity index (χ0v) is 9.63. The molecule has 0 saturated carbocycles. The van der Waals surface area contributed by atoms with E-state index in [0.29, 0.717) is 24.2 Å². The van der Waals surface area contributed by atoms with Crippen LogP contribution in [0.15, 0.2) is 40.8 Å². The van der Waals surface area contributed by atoms with E-state index in [-0.39, 0.29) is 6.42 Å². The molecule has 0 amide bonds. The number of carboxylic acid groups (broad SMARTS) is 1. The molecule has 1 N–H and O–H groups in total. The molecule has 2 aromatic rings. The molecule has 4 heteroatoms. The molecule has 0 spiro atoms. The summed E-state index contributed by atoms with van der Waals surface area (Å²) in [6.45, 7) is 0. The molecule has 0 atom stereocenters. The second-order valence-corrected chi connectivity index (χ2v) is 3.91. The van der Waals surface area contributed by atoms with Crippen LogP contribution in [0.4, 0.5) is 0 Å². The van der Waals surface area contributed by atoms with Crippen molar-refractivity contribution in [1.82, 2.24) is 0 Å². The molecular weight excluding hydrogens is 232 g/mol. The highest BCUT2D eigenvalue weighted by molar-refractivity contribution is 5.72. The summed E-state index contributed by atoms with van der Waals surface area (Å²) in [5, 5.41) is 8.59. The summed E-state index contributed by atoms with van der Waals surface area (Å²) in [6.07, 6.45) is 1.29. The fourth-order valence-electron chi connectivity index (χ4n) is 1.66. The topological polar surface area (TPSA) is 67.5 Å². The van der Waals surface area contributed by atoms with Crippen molar-refractivity contribution in [1.29, 1.82) is 0 Å². The minimum absolute atomic E-state index is 0.120. The summed E-state index contributed by atoms with van der Waals surface area (Å²) >= 11 is 0. The van der Waals surface area contributed by atoms with Crippen LogP contribution >= 0.6 is 0 Å². The Morgan fingerprint density at radius 2 is 1.89 bits per heavy atom. The monoisotopic (exact) mass is 244 g/mol. The summed E-state index contributed by atoms with van der Waals surface area (Å²) < 4.78 is 5.29. The van der Waals surface area contributed by atoms with Gasteiger partial charge in [0.2, 0.25) is 0 Å². The summed E-state index contributed by atoms with van der Waals surface area (Å²) in [7, 11) is 0. The second-order valence-electron chi connectivity index (χ2n) is 3.91. The van der Waals surface area contributed by atoms with Crippen molar-refractivity contribution >= 4 is 12.3 Å². The number of carbonyl (C=O) groups excluding carboxylic acids is 1. The molecule has 0 saturated heterocycles. The van der Waals surface area contributed by atoms with Gasteiger partial charge in [0, 0.05) is 12.0 Å². The number of hydrogen-bond donors (Lipinski definition) is 1. The Labute approximate surface area is 104 Å². The number of carboxylic acids is 1. The van der Waals surface area contributed by atoms with Gasteiger partial charge in [-0.3, -0.25) is 9.59 Å². The van der Waals surface area contributed by atoms with Gasteiger partial charge in [0.25, 0.3) is 0 Å². The van der Waals surface area contributed by atoms with Crippen LogP contribution in [0.5, 0.6) is 0 Å². The normalized spacial score (nSPS) is 10.2. The largest absolute Gasteiger partial charge is 0.481 e. The van der Waals surface area contributed by atoms with E-state index in [0.717, 1.165) is 11.1 Å². The molecule has 0 unspecified atom stereocenters. The van der Waals surface area contributed by atoms with Crippen molar-refractivity contribution in [2.24, 2.45) is 0 Å². The SMILES string of the molecule is O=Cc1ccc(-c2ccc(CCC(=O)O)cc2)o1. The van der Waals surface area contributed by atoms with E-state index in [4.69, 9.17) is 9.52 Å². The number of furan rings is 1. The summed E-state index contributed by atoms with van der Waals surface area (Å²) in [5.41, 5.74) is 1.82. The van der Waals surface area contributed by atoms with Gasteiger partial charge < -0.3 is 9.52 Å². The lowest BCUT2D eigenvalue weighted by Crippen LogP contribution is -1.97. The molecule has 1 aromatic heterocycles. The minimum atomic E-state index is -0.805. The van der Waals surface area contributed by atoms with E-state index in [1.165, 1.54) is 0 Å². The van der Waals surface area contributed by atoms with Crippen molar-refractivity contribution in [2.45, 2.75) is 12.8 Å². The molecule has 1 heterocycles. The van der Waals surface area contributed by atoms with Crippen LogP contribution in [0.25, 0.3) is 11.3 Å². The molecule has 0 radical (unpaired) electrons. The van der Waals surface area contributed by atoms with Crippen LogP contribution in [0, 0.1) is 0 Å². The summed E-state index contributed by atoms with van der Waals surface area (Å²) in [5.74, 6) is 0.113. The number of benzene rings is 1. The van der Waals surface area contributed by atoms with Crippen LogP contribution in [-0.2, 0) is 11.2 Å². The lowest BCUT2D eigenvalue weighted by Gasteiger charge is -2.00. The average Bonchev–Trinajstić information content (AvgIpc) is 2.85. The van der Waals surface area contributed by atoms with Gasteiger partial charge in [-0.15, -0.1) is 0 Å². The lowest BCUT2D eigenvalue weighted by atomic mass is 10.1. The number of aliphatic carboxylic acids is 1. The van der Waals surface area contributed by atoms with E-state index in [1.54, 1.807) is 12.1 Å². The van der Waals surface area contributed by atoms with Gasteiger partial charge in [0.15, 0.2) is 12.0 Å². The first kappa shape index (κ1) is 12.1. The first-order valence-corrected chi connectivity index (χ1v) is 5.55. The van der Waals surface area contributed by atoms with Crippen LogP contribution in [0.1, 0.15) is 22.5 Å². The van der Waals surface area contributed by atoms with Gasteiger partial charge in [-0.25, -0.2) is 0 Å². The molecule has 4 nitrogen and oxygen atoms in total. The molecule has 0 aliphatic rings. The van der Waals surface area contributed by atoms with Crippen molar-refractivity contribution in [3.63, 3.8) is 0 Å². The fraction of sp³-hybridized carbons (Fsp3) is 0.143. The Kier molecular flexibility index (Phi) is 3.57. The third-order valence-corrected chi connectivity index (χ3v) is 2.61. The Morgan fingerprint density at radius 3 is 2.44 bits per heavy atom. The van der Waals surface area contributed by atoms with E-state index in [9.17, 15) is 9.59 Å². The third kappa shape index (κ3) is 2.85. The van der Waals surface area contributed by atoms with Gasteiger partial charge in [-0.2, -0.15) is 0 Å². The second kappa shape index (κ2) is 5.31. The zero-order chi connectivity index (χ0) is 13.0. The van der Waals surface area contributed by atoms with Gasteiger partial charge in [0.05, 0.1) is 0 Å². The van der Waals surface area contributed by atoms with Crippen LogP contribution in [-0.4, -0.2) is 17.4 Å². The molecule has 0 aliphatic heterocycles. The van der Waals surface area contributed by atoms with E-state index in [1.807, 2.05) is 24.3 Å². The Balaban J connectivity index is 2.11. The number of carbonyl (C=O) groups is 2. The molecule has 1 aromatic carbocycles. The summed E-state index contributed by atoms with van der Waals surface area (Å²) in [6, 6.07) is 10.8. The highest BCUT2D eigenvalue weighted by Crippen LogP contribution is 2.22. The van der Waals surface area contributed by atoms with E-state index < -0.39 is 5.97 Å². The van der Waals surface area contributed by atoms with Crippen LogP contribution in [0.2, 0.25) is 0 Å². The number of aldehydes is 1. The molecule has 0 aliphatic carbocycles. The smallest absolute Gasteiger partial charge is 0.303 e. The zero-order valence-electron chi connectivity index (χ0n) is 9.63. The van der Waals surface area contributed by atoms with Gasteiger partial charge in [-0.1, -0.05) is 24.3 Å². The maximum absolute atomic E-state index is 10.5. The fourth-order valence-corrected chi connectivity index (χ4v) is 1.66. The first-order chi connectivity index (χ1) is 8.69. The van der Waals surface area contributed by atoms with Crippen LogP contribution < -0.4 is 0 Å². The van der Waals surface area contributed by atoms with Gasteiger partial charge in [-0.05, 0) is 24.1 Å². The highest BCUT2D eigenvalue weighted by atomic mass is 16.4. The first-order valence-electron chi connectivity index (χ1n) is 5.55. The maximum Gasteiger partial charge on any atom is 0.303 e. The Bertz CT molecular complexity index is 551. The van der Waals surface area contributed by atoms with Crippen molar-refractivity contribution in [3.05, 3.63) is 47.7 Å². The number of rotatable bonds is 5. The molecule has 92 valence electrons. The van der Waals surface area contributed by atoms with Gasteiger partial charge >= 0.3 is 5.97 Å². The van der Waals surface area contributed by atoms with Gasteiger partial charge in [0.1, 0.15) is 5.76 Å². The quantitative estimate of drug-likeness (QED) is 0.821. The number of hydrogen-bond acceptors (Lipinski definition) is 3. The van der Waals surface area contributed by atoms with Crippen molar-refractivity contribution in [3.8, 4) is 11.3 Å². The maximum atomic E-state index is 10.5. The predicted octanol–water partition coefficient (Wildman–Crippen LogP) is 2.78. The van der Waals surface area contributed by atoms with Crippen LogP contribution in [0.3, 0.4) is 0 Å².